The molecular weight excluding hydrogens is 184 g/mol. The first-order valence-corrected chi connectivity index (χ1v) is 4.28. The van der Waals surface area contributed by atoms with Crippen LogP contribution in [0.4, 0.5) is 8.78 Å². The second-order valence-electron chi connectivity index (χ2n) is 3.08. The molecule has 1 atom stereocenters. The van der Waals surface area contributed by atoms with Crippen LogP contribution in [0.25, 0.3) is 0 Å². The number of benzene rings is 1. The average molecular weight is 193 g/mol. The summed E-state index contributed by atoms with van der Waals surface area (Å²) in [5, 5.41) is 2.48. The van der Waals surface area contributed by atoms with E-state index in [1.807, 2.05) is 0 Å². The maximum absolute atomic E-state index is 14.1. The molecule has 0 saturated carbocycles. The van der Waals surface area contributed by atoms with Gasteiger partial charge < -0.3 is 5.32 Å². The largest absolute Gasteiger partial charge is 0.353 e. The summed E-state index contributed by atoms with van der Waals surface area (Å²) in [6.07, 6.45) is 3.37. The summed E-state index contributed by atoms with van der Waals surface area (Å²) in [4.78, 5) is 0. The summed E-state index contributed by atoms with van der Waals surface area (Å²) >= 11 is 0. The molecule has 1 aliphatic heterocycles. The zero-order valence-corrected chi connectivity index (χ0v) is 7.37. The number of hydrogen-bond donors (Lipinski definition) is 1. The first-order valence-electron chi connectivity index (χ1n) is 4.28. The molecule has 1 nitrogen and oxygen atoms in total. The Kier molecular flexibility index (Phi) is 2.08. The van der Waals surface area contributed by atoms with Gasteiger partial charge in [0.2, 0.25) is 5.79 Å². The van der Waals surface area contributed by atoms with Crippen molar-refractivity contribution in [3.63, 3.8) is 0 Å². The van der Waals surface area contributed by atoms with E-state index in [0.717, 1.165) is 6.08 Å². The third-order valence-electron chi connectivity index (χ3n) is 2.07. The minimum absolute atomic E-state index is 0.388. The summed E-state index contributed by atoms with van der Waals surface area (Å²) in [5.41, 5.74) is 0.388. The molecule has 72 valence electrons. The zero-order valence-electron chi connectivity index (χ0n) is 7.37. The number of alkyl halides is 1. The molecule has 1 N–H and O–H groups in total. The molecule has 14 heavy (non-hydrogen) atoms. The molecule has 1 aromatic carbocycles. The number of rotatable bonds is 1. The third kappa shape index (κ3) is 1.53. The van der Waals surface area contributed by atoms with E-state index in [9.17, 15) is 8.78 Å². The van der Waals surface area contributed by atoms with Crippen LogP contribution < -0.4 is 5.32 Å². The standard InChI is InChI=1S/C11H9F2N/c12-10-6-7-14-11(13,8-10)9-4-2-1-3-5-9/h1-8,14H. The van der Waals surface area contributed by atoms with E-state index in [1.54, 1.807) is 30.3 Å². The van der Waals surface area contributed by atoms with Gasteiger partial charge in [0.05, 0.1) is 0 Å². The minimum atomic E-state index is -1.93. The fourth-order valence-electron chi connectivity index (χ4n) is 1.37. The van der Waals surface area contributed by atoms with Crippen LogP contribution in [-0.2, 0) is 5.79 Å². The van der Waals surface area contributed by atoms with Crippen LogP contribution in [0, 0.1) is 0 Å². The zero-order chi connectivity index (χ0) is 10.0. The van der Waals surface area contributed by atoms with Crippen LogP contribution >= 0.6 is 0 Å². The van der Waals surface area contributed by atoms with Gasteiger partial charge in [-0.25, -0.2) is 8.78 Å². The molecule has 0 fully saturated rings. The number of nitrogens with one attached hydrogen (secondary N) is 1. The lowest BCUT2D eigenvalue weighted by molar-refractivity contribution is 0.195. The Labute approximate surface area is 80.8 Å². The van der Waals surface area contributed by atoms with Crippen LogP contribution in [0.3, 0.4) is 0 Å². The highest BCUT2D eigenvalue weighted by molar-refractivity contribution is 5.32. The highest BCUT2D eigenvalue weighted by atomic mass is 19.2. The molecule has 0 amide bonds. The molecule has 0 aliphatic carbocycles. The molecular formula is C11H9F2N. The summed E-state index contributed by atoms with van der Waals surface area (Å²) in [6, 6.07) is 8.42. The van der Waals surface area contributed by atoms with Crippen LogP contribution in [0.2, 0.25) is 0 Å². The lowest BCUT2D eigenvalue weighted by Crippen LogP contribution is -2.34. The number of dihydropyridines is 1. The second-order valence-corrected chi connectivity index (χ2v) is 3.08. The predicted octanol–water partition coefficient (Wildman–Crippen LogP) is 2.78. The Bertz CT molecular complexity index is 384. The maximum atomic E-state index is 14.1. The summed E-state index contributed by atoms with van der Waals surface area (Å²) in [6.45, 7) is 0. The van der Waals surface area contributed by atoms with Crippen molar-refractivity contribution in [2.24, 2.45) is 0 Å². The molecule has 1 heterocycles. The van der Waals surface area contributed by atoms with Crippen LogP contribution in [0.1, 0.15) is 5.56 Å². The van der Waals surface area contributed by atoms with Crippen molar-refractivity contribution < 1.29 is 8.78 Å². The van der Waals surface area contributed by atoms with Gasteiger partial charge in [-0.1, -0.05) is 30.3 Å². The van der Waals surface area contributed by atoms with Crippen LogP contribution in [-0.4, -0.2) is 0 Å². The Morgan fingerprint density at radius 3 is 2.50 bits per heavy atom. The molecule has 0 spiro atoms. The van der Waals surface area contributed by atoms with E-state index in [0.29, 0.717) is 5.56 Å². The van der Waals surface area contributed by atoms with E-state index in [4.69, 9.17) is 0 Å². The van der Waals surface area contributed by atoms with Gasteiger partial charge in [0.25, 0.3) is 0 Å². The van der Waals surface area contributed by atoms with Crippen molar-refractivity contribution >= 4 is 0 Å². The molecule has 0 aromatic heterocycles. The van der Waals surface area contributed by atoms with Gasteiger partial charge in [0.15, 0.2) is 0 Å². The number of halogens is 2. The van der Waals surface area contributed by atoms with Gasteiger partial charge >= 0.3 is 0 Å². The van der Waals surface area contributed by atoms with E-state index in [2.05, 4.69) is 5.32 Å². The van der Waals surface area contributed by atoms with Gasteiger partial charge in [0, 0.05) is 17.8 Å². The SMILES string of the molecule is FC1=CC(F)(c2ccccc2)NC=C1. The molecule has 0 radical (unpaired) electrons. The van der Waals surface area contributed by atoms with Gasteiger partial charge in [-0.05, 0) is 6.08 Å². The van der Waals surface area contributed by atoms with Crippen LogP contribution in [0.15, 0.2) is 54.5 Å². The lowest BCUT2D eigenvalue weighted by Gasteiger charge is -2.24. The first-order chi connectivity index (χ1) is 6.71. The topological polar surface area (TPSA) is 12.0 Å². The van der Waals surface area contributed by atoms with Crippen molar-refractivity contribution in [1.29, 1.82) is 0 Å². The van der Waals surface area contributed by atoms with Crippen molar-refractivity contribution in [2.75, 3.05) is 0 Å². The van der Waals surface area contributed by atoms with E-state index < -0.39 is 11.6 Å². The normalized spacial score (nSPS) is 25.4. The second kappa shape index (κ2) is 3.25. The Morgan fingerprint density at radius 2 is 1.86 bits per heavy atom. The maximum Gasteiger partial charge on any atom is 0.227 e. The Balaban J connectivity index is 2.39. The summed E-state index contributed by atoms with van der Waals surface area (Å²) in [7, 11) is 0. The molecule has 0 bridgehead atoms. The van der Waals surface area contributed by atoms with Gasteiger partial charge in [0.1, 0.15) is 5.83 Å². The molecule has 1 aliphatic rings. The van der Waals surface area contributed by atoms with Crippen molar-refractivity contribution in [2.45, 2.75) is 5.79 Å². The quantitative estimate of drug-likeness (QED) is 0.676. The highest BCUT2D eigenvalue weighted by Crippen LogP contribution is 2.28. The Hall–Kier alpha value is -1.64. The average Bonchev–Trinajstić information content (AvgIpc) is 2.19. The molecule has 1 aromatic rings. The van der Waals surface area contributed by atoms with Gasteiger partial charge in [-0.15, -0.1) is 0 Å². The number of allylic oxidation sites excluding steroid dienone is 2. The molecule has 3 heteroatoms. The van der Waals surface area contributed by atoms with E-state index in [-0.39, 0.29) is 0 Å². The smallest absolute Gasteiger partial charge is 0.227 e. The first kappa shape index (κ1) is 8.94. The van der Waals surface area contributed by atoms with Gasteiger partial charge in [-0.2, -0.15) is 0 Å². The highest BCUT2D eigenvalue weighted by Gasteiger charge is 2.30. The van der Waals surface area contributed by atoms with Crippen LogP contribution in [0.5, 0.6) is 0 Å². The van der Waals surface area contributed by atoms with Gasteiger partial charge in [-0.3, -0.25) is 0 Å². The number of hydrogen-bond acceptors (Lipinski definition) is 1. The fraction of sp³-hybridized carbons (Fsp3) is 0.0909. The monoisotopic (exact) mass is 193 g/mol. The third-order valence-corrected chi connectivity index (χ3v) is 2.07. The lowest BCUT2D eigenvalue weighted by atomic mass is 10.0. The van der Waals surface area contributed by atoms with E-state index in [1.165, 1.54) is 12.3 Å². The predicted molar refractivity (Wildman–Crippen MR) is 50.7 cm³/mol. The Morgan fingerprint density at radius 1 is 1.14 bits per heavy atom. The molecule has 2 rings (SSSR count). The molecule has 1 unspecified atom stereocenters. The van der Waals surface area contributed by atoms with Crippen molar-refractivity contribution in [1.82, 2.24) is 5.32 Å². The molecule has 0 saturated heterocycles. The van der Waals surface area contributed by atoms with E-state index >= 15 is 0 Å². The van der Waals surface area contributed by atoms with Crippen molar-refractivity contribution in [3.05, 3.63) is 60.1 Å². The summed E-state index contributed by atoms with van der Waals surface area (Å²) < 4.78 is 26.9. The fourth-order valence-corrected chi connectivity index (χ4v) is 1.37. The minimum Gasteiger partial charge on any atom is -0.353 e. The summed E-state index contributed by atoms with van der Waals surface area (Å²) in [5.74, 6) is -2.50. The van der Waals surface area contributed by atoms with Crippen molar-refractivity contribution in [3.8, 4) is 0 Å².